The van der Waals surface area contributed by atoms with Crippen LogP contribution in [0.25, 0.3) is 0 Å². The Kier molecular flexibility index (Phi) is 4.32. The van der Waals surface area contributed by atoms with Crippen molar-refractivity contribution in [2.45, 2.75) is 10.6 Å². The normalized spacial score (nSPS) is 11.5. The number of anilines is 1. The van der Waals surface area contributed by atoms with Crippen molar-refractivity contribution in [2.24, 2.45) is 0 Å². The molecule has 0 saturated carbocycles. The van der Waals surface area contributed by atoms with Gasteiger partial charge in [-0.1, -0.05) is 37.9 Å². The van der Waals surface area contributed by atoms with E-state index in [1.165, 1.54) is 0 Å². The summed E-state index contributed by atoms with van der Waals surface area (Å²) < 4.78 is 26.1. The van der Waals surface area contributed by atoms with Crippen LogP contribution in [0.2, 0.25) is 0 Å². The lowest BCUT2D eigenvalue weighted by molar-refractivity contribution is 0.595. The van der Waals surface area contributed by atoms with Crippen LogP contribution in [0.3, 0.4) is 0 Å². The average Bonchev–Trinajstić information content (AvgIpc) is 2.33. The van der Waals surface area contributed by atoms with Crippen molar-refractivity contribution in [1.29, 1.82) is 0 Å². The SMILES string of the molecule is Nc1ccc(CS(=O)(=O)c2ccc(Br)cc2)c(Br)c1. The second kappa shape index (κ2) is 5.64. The van der Waals surface area contributed by atoms with Gasteiger partial charge >= 0.3 is 0 Å². The van der Waals surface area contributed by atoms with Gasteiger partial charge in [0.2, 0.25) is 0 Å². The smallest absolute Gasteiger partial charge is 0.182 e. The van der Waals surface area contributed by atoms with Crippen LogP contribution < -0.4 is 5.73 Å². The molecule has 0 heterocycles. The number of hydrogen-bond acceptors (Lipinski definition) is 3. The van der Waals surface area contributed by atoms with E-state index in [4.69, 9.17) is 5.73 Å². The molecular formula is C13H11Br2NO2S. The van der Waals surface area contributed by atoms with Crippen LogP contribution in [0.15, 0.2) is 56.3 Å². The van der Waals surface area contributed by atoms with Gasteiger partial charge in [-0.05, 0) is 42.0 Å². The van der Waals surface area contributed by atoms with Crippen LogP contribution in [-0.2, 0) is 15.6 Å². The summed E-state index contributed by atoms with van der Waals surface area (Å²) in [4.78, 5) is 0.305. The highest BCUT2D eigenvalue weighted by molar-refractivity contribution is 9.10. The maximum atomic E-state index is 12.3. The molecular weight excluding hydrogens is 394 g/mol. The van der Waals surface area contributed by atoms with Crippen molar-refractivity contribution >= 4 is 47.4 Å². The first-order valence-corrected chi connectivity index (χ1v) is 8.64. The quantitative estimate of drug-likeness (QED) is 0.792. The summed E-state index contributed by atoms with van der Waals surface area (Å²) in [5.74, 6) is -0.0600. The first-order chi connectivity index (χ1) is 8.88. The van der Waals surface area contributed by atoms with E-state index in [1.807, 2.05) is 0 Å². The lowest BCUT2D eigenvalue weighted by atomic mass is 10.2. The molecule has 0 fully saturated rings. The number of sulfone groups is 1. The van der Waals surface area contributed by atoms with Crippen LogP contribution >= 0.6 is 31.9 Å². The minimum atomic E-state index is -3.36. The number of halogens is 2. The molecule has 0 aliphatic carbocycles. The number of hydrogen-bond donors (Lipinski definition) is 1. The van der Waals surface area contributed by atoms with Crippen LogP contribution in [0.1, 0.15) is 5.56 Å². The van der Waals surface area contributed by atoms with Gasteiger partial charge in [-0.25, -0.2) is 8.42 Å². The van der Waals surface area contributed by atoms with Gasteiger partial charge in [-0.3, -0.25) is 0 Å². The van der Waals surface area contributed by atoms with Gasteiger partial charge in [0, 0.05) is 14.6 Å². The molecule has 0 saturated heterocycles. The zero-order valence-corrected chi connectivity index (χ0v) is 13.8. The van der Waals surface area contributed by atoms with Crippen molar-refractivity contribution in [3.63, 3.8) is 0 Å². The minimum Gasteiger partial charge on any atom is -0.399 e. The molecule has 0 aromatic heterocycles. The number of benzene rings is 2. The van der Waals surface area contributed by atoms with Crippen LogP contribution in [0.5, 0.6) is 0 Å². The average molecular weight is 405 g/mol. The Bertz CT molecular complexity index is 697. The van der Waals surface area contributed by atoms with E-state index in [-0.39, 0.29) is 5.75 Å². The van der Waals surface area contributed by atoms with Crippen LogP contribution in [-0.4, -0.2) is 8.42 Å². The molecule has 2 aromatic rings. The molecule has 2 N–H and O–H groups in total. The second-order valence-electron chi connectivity index (χ2n) is 4.06. The third-order valence-electron chi connectivity index (χ3n) is 2.60. The lowest BCUT2D eigenvalue weighted by Crippen LogP contribution is -2.05. The highest BCUT2D eigenvalue weighted by atomic mass is 79.9. The number of nitrogens with two attached hydrogens (primary N) is 1. The lowest BCUT2D eigenvalue weighted by Gasteiger charge is -2.07. The molecule has 100 valence electrons. The highest BCUT2D eigenvalue weighted by Gasteiger charge is 2.16. The van der Waals surface area contributed by atoms with Crippen molar-refractivity contribution in [1.82, 2.24) is 0 Å². The highest BCUT2D eigenvalue weighted by Crippen LogP contribution is 2.25. The third kappa shape index (κ3) is 3.58. The Hall–Kier alpha value is -0.850. The molecule has 2 aromatic carbocycles. The summed E-state index contributed by atoms with van der Waals surface area (Å²) in [6, 6.07) is 11.7. The van der Waals surface area contributed by atoms with Crippen molar-refractivity contribution in [3.05, 3.63) is 57.0 Å². The summed E-state index contributed by atoms with van der Waals surface area (Å²) in [7, 11) is -3.36. The third-order valence-corrected chi connectivity index (χ3v) is 5.54. The Labute approximate surface area is 129 Å². The Morgan fingerprint density at radius 3 is 2.21 bits per heavy atom. The molecule has 3 nitrogen and oxygen atoms in total. The van der Waals surface area contributed by atoms with Gasteiger partial charge in [0.05, 0.1) is 10.6 Å². The molecule has 0 spiro atoms. The topological polar surface area (TPSA) is 60.2 Å². The van der Waals surface area contributed by atoms with Gasteiger partial charge in [0.25, 0.3) is 0 Å². The summed E-state index contributed by atoms with van der Waals surface area (Å²) in [5, 5.41) is 0. The fraction of sp³-hybridized carbons (Fsp3) is 0.0769. The van der Waals surface area contributed by atoms with E-state index >= 15 is 0 Å². The molecule has 2 rings (SSSR count). The van der Waals surface area contributed by atoms with E-state index < -0.39 is 9.84 Å². The second-order valence-corrected chi connectivity index (χ2v) is 7.82. The maximum Gasteiger partial charge on any atom is 0.182 e. The zero-order valence-electron chi connectivity index (χ0n) is 9.81. The van der Waals surface area contributed by atoms with E-state index in [9.17, 15) is 8.42 Å². The Balaban J connectivity index is 2.33. The molecule has 0 bridgehead atoms. The fourth-order valence-corrected chi connectivity index (χ4v) is 3.98. The Morgan fingerprint density at radius 2 is 1.63 bits per heavy atom. The number of rotatable bonds is 3. The standard InChI is InChI=1S/C13H11Br2NO2S/c14-10-2-5-12(6-3-10)19(17,18)8-9-1-4-11(16)7-13(9)15/h1-7H,8,16H2. The first-order valence-electron chi connectivity index (χ1n) is 5.41. The van der Waals surface area contributed by atoms with Gasteiger partial charge in [-0.2, -0.15) is 0 Å². The van der Waals surface area contributed by atoms with Gasteiger partial charge in [-0.15, -0.1) is 0 Å². The monoisotopic (exact) mass is 403 g/mol. The van der Waals surface area contributed by atoms with E-state index in [1.54, 1.807) is 42.5 Å². The van der Waals surface area contributed by atoms with Gasteiger partial charge in [0.1, 0.15) is 0 Å². The predicted octanol–water partition coefficient (Wildman–Crippen LogP) is 3.77. The van der Waals surface area contributed by atoms with E-state index in [0.29, 0.717) is 20.6 Å². The summed E-state index contributed by atoms with van der Waals surface area (Å²) in [6.45, 7) is 0. The van der Waals surface area contributed by atoms with E-state index in [0.717, 1.165) is 4.47 Å². The first kappa shape index (κ1) is 14.6. The molecule has 0 atom stereocenters. The van der Waals surface area contributed by atoms with Crippen LogP contribution in [0.4, 0.5) is 5.69 Å². The zero-order chi connectivity index (χ0) is 14.0. The molecule has 0 aliphatic rings. The maximum absolute atomic E-state index is 12.3. The summed E-state index contributed by atoms with van der Waals surface area (Å²) in [5.41, 5.74) is 6.92. The summed E-state index contributed by atoms with van der Waals surface area (Å²) in [6.07, 6.45) is 0. The van der Waals surface area contributed by atoms with Crippen molar-refractivity contribution in [3.8, 4) is 0 Å². The van der Waals surface area contributed by atoms with Gasteiger partial charge in [0.15, 0.2) is 9.84 Å². The predicted molar refractivity (Wildman–Crippen MR) is 83.6 cm³/mol. The summed E-state index contributed by atoms with van der Waals surface area (Å²) >= 11 is 6.61. The van der Waals surface area contributed by atoms with Gasteiger partial charge < -0.3 is 5.73 Å². The fourth-order valence-electron chi connectivity index (χ4n) is 1.61. The molecule has 0 radical (unpaired) electrons. The molecule has 6 heteroatoms. The number of nitrogen functional groups attached to an aromatic ring is 1. The van der Waals surface area contributed by atoms with Crippen molar-refractivity contribution < 1.29 is 8.42 Å². The Morgan fingerprint density at radius 1 is 1.00 bits per heavy atom. The van der Waals surface area contributed by atoms with E-state index in [2.05, 4.69) is 31.9 Å². The van der Waals surface area contributed by atoms with Crippen LogP contribution in [0, 0.1) is 0 Å². The largest absolute Gasteiger partial charge is 0.399 e. The molecule has 19 heavy (non-hydrogen) atoms. The minimum absolute atomic E-state index is 0.0600. The molecule has 0 aliphatic heterocycles. The molecule has 0 amide bonds. The molecule has 0 unspecified atom stereocenters. The van der Waals surface area contributed by atoms with Crippen molar-refractivity contribution in [2.75, 3.05) is 5.73 Å².